The molecule has 0 unspecified atom stereocenters. The summed E-state index contributed by atoms with van der Waals surface area (Å²) >= 11 is 0. The monoisotopic (exact) mass is 371 g/mol. The molecule has 0 aromatic heterocycles. The molecule has 2 aliphatic rings. The molecule has 2 aliphatic carbocycles. The summed E-state index contributed by atoms with van der Waals surface area (Å²) in [6, 6.07) is 1.49. The minimum absolute atomic E-state index is 0.715. The predicted octanol–water partition coefficient (Wildman–Crippen LogP) is 8.06. The molecule has 2 rings (SSSR count). The minimum Gasteiger partial charge on any atom is -0.195 e. The van der Waals surface area contributed by atoms with E-state index in [9.17, 15) is 4.39 Å². The van der Waals surface area contributed by atoms with Crippen LogP contribution in [0.3, 0.4) is 0 Å². The molecule has 0 heterocycles. The Labute approximate surface area is 166 Å². The molecule has 0 N–H and O–H groups in total. The van der Waals surface area contributed by atoms with Crippen molar-refractivity contribution in [1.29, 1.82) is 5.26 Å². The topological polar surface area (TPSA) is 23.8 Å². The molecular formula is C25H38FN. The van der Waals surface area contributed by atoms with Crippen molar-refractivity contribution in [3.8, 4) is 6.07 Å². The summed E-state index contributed by atoms with van der Waals surface area (Å²) in [4.78, 5) is 0. The van der Waals surface area contributed by atoms with Crippen LogP contribution in [0.5, 0.6) is 0 Å². The summed E-state index contributed by atoms with van der Waals surface area (Å²) in [5.74, 6) is 2.74. The Bertz CT molecular complexity index is 523. The Morgan fingerprint density at radius 2 is 1.48 bits per heavy atom. The first-order valence-corrected chi connectivity index (χ1v) is 11.3. The summed E-state index contributed by atoms with van der Waals surface area (Å²) in [5, 5.41) is 8.36. The van der Waals surface area contributed by atoms with Crippen LogP contribution in [-0.4, -0.2) is 0 Å². The van der Waals surface area contributed by atoms with Gasteiger partial charge in [-0.15, -0.1) is 0 Å². The molecule has 0 spiro atoms. The molecule has 0 aliphatic heterocycles. The Morgan fingerprint density at radius 1 is 0.926 bits per heavy atom. The van der Waals surface area contributed by atoms with Gasteiger partial charge in [0.05, 0.1) is 0 Å². The second-order valence-electron chi connectivity index (χ2n) is 8.72. The number of nitriles is 1. The minimum atomic E-state index is -0.715. The highest BCUT2D eigenvalue weighted by Crippen LogP contribution is 2.35. The zero-order valence-corrected chi connectivity index (χ0v) is 17.2. The number of rotatable bonds is 9. The van der Waals surface area contributed by atoms with E-state index in [2.05, 4.69) is 19.1 Å². The third-order valence-corrected chi connectivity index (χ3v) is 6.63. The van der Waals surface area contributed by atoms with E-state index in [0.717, 1.165) is 30.1 Å². The second-order valence-corrected chi connectivity index (χ2v) is 8.72. The molecular weight excluding hydrogens is 333 g/mol. The van der Waals surface area contributed by atoms with Crippen LogP contribution in [0, 0.1) is 35.0 Å². The van der Waals surface area contributed by atoms with Gasteiger partial charge in [-0.1, -0.05) is 50.5 Å². The van der Waals surface area contributed by atoms with E-state index in [1.807, 2.05) is 6.08 Å². The number of allylic oxidation sites excluding steroid dienone is 6. The van der Waals surface area contributed by atoms with Gasteiger partial charge in [-0.2, -0.15) is 9.65 Å². The summed E-state index contributed by atoms with van der Waals surface area (Å²) < 4.78 is 12.7. The van der Waals surface area contributed by atoms with Gasteiger partial charge in [0.25, 0.3) is 0 Å². The van der Waals surface area contributed by atoms with Crippen molar-refractivity contribution >= 4 is 0 Å². The smallest absolute Gasteiger partial charge is 0.195 e. The van der Waals surface area contributed by atoms with Gasteiger partial charge in [-0.25, -0.2) is 0 Å². The Hall–Kier alpha value is -1.36. The molecule has 0 atom stereocenters. The summed E-state index contributed by atoms with van der Waals surface area (Å²) in [6.07, 6.45) is 27.4. The maximum Gasteiger partial charge on any atom is 0.199 e. The highest BCUT2D eigenvalue weighted by atomic mass is 19.1. The van der Waals surface area contributed by atoms with Crippen molar-refractivity contribution in [3.63, 3.8) is 0 Å². The molecule has 2 fully saturated rings. The van der Waals surface area contributed by atoms with E-state index in [1.165, 1.54) is 89.2 Å². The maximum absolute atomic E-state index is 12.7. The first-order valence-electron chi connectivity index (χ1n) is 11.3. The van der Waals surface area contributed by atoms with Crippen molar-refractivity contribution in [2.45, 2.75) is 90.4 Å². The SMILES string of the molecule is CCCC[C@H]1CC[C@H](/C=C/C2CCC(CCC=CC=C(F)C#N)CC2)CC1. The van der Waals surface area contributed by atoms with E-state index < -0.39 is 5.83 Å². The van der Waals surface area contributed by atoms with Crippen LogP contribution in [0.2, 0.25) is 0 Å². The van der Waals surface area contributed by atoms with Crippen molar-refractivity contribution in [1.82, 2.24) is 0 Å². The van der Waals surface area contributed by atoms with Crippen LogP contribution in [0.25, 0.3) is 0 Å². The van der Waals surface area contributed by atoms with Crippen molar-refractivity contribution in [2.24, 2.45) is 23.7 Å². The number of hydrogen-bond acceptors (Lipinski definition) is 1. The van der Waals surface area contributed by atoms with Crippen LogP contribution in [-0.2, 0) is 0 Å². The van der Waals surface area contributed by atoms with Crippen LogP contribution >= 0.6 is 0 Å². The molecule has 2 saturated carbocycles. The van der Waals surface area contributed by atoms with Gasteiger partial charge < -0.3 is 0 Å². The molecule has 0 bridgehead atoms. The standard InChI is InChI=1S/C25H38FN/c1-2-3-7-21-10-14-23(15-11-21)18-19-24-16-12-22(13-17-24)8-5-4-6-9-25(26)20-27/h4,6,9,18-19,21-24H,2-3,5,7-8,10-17H2,1H3/b6-4?,19-18+,25-9?/t21-,22?,23-,24?. The quantitative estimate of drug-likeness (QED) is 0.228. The number of unbranched alkanes of at least 4 members (excludes halogenated alkanes) is 1. The van der Waals surface area contributed by atoms with Crippen LogP contribution in [0.4, 0.5) is 4.39 Å². The Balaban J connectivity index is 1.58. The van der Waals surface area contributed by atoms with E-state index in [0.29, 0.717) is 0 Å². The molecule has 0 amide bonds. The molecule has 27 heavy (non-hydrogen) atoms. The second kappa shape index (κ2) is 12.9. The van der Waals surface area contributed by atoms with Crippen molar-refractivity contribution < 1.29 is 4.39 Å². The van der Waals surface area contributed by atoms with E-state index in [1.54, 1.807) is 6.08 Å². The van der Waals surface area contributed by atoms with Gasteiger partial charge in [0.1, 0.15) is 6.07 Å². The Kier molecular flexibility index (Phi) is 10.5. The molecule has 0 radical (unpaired) electrons. The molecule has 0 aromatic rings. The highest BCUT2D eigenvalue weighted by molar-refractivity contribution is 5.18. The summed E-state index contributed by atoms with van der Waals surface area (Å²) in [6.45, 7) is 2.30. The van der Waals surface area contributed by atoms with Gasteiger partial charge in [0.2, 0.25) is 0 Å². The van der Waals surface area contributed by atoms with Crippen LogP contribution < -0.4 is 0 Å². The first kappa shape index (κ1) is 21.9. The lowest BCUT2D eigenvalue weighted by atomic mass is 9.77. The normalized spacial score (nSPS) is 30.0. The zero-order chi connectivity index (χ0) is 19.3. The van der Waals surface area contributed by atoms with Crippen LogP contribution in [0.15, 0.2) is 36.2 Å². The number of nitrogens with zero attached hydrogens (tertiary/aromatic N) is 1. The van der Waals surface area contributed by atoms with E-state index in [-0.39, 0.29) is 0 Å². The fourth-order valence-corrected chi connectivity index (χ4v) is 4.76. The first-order chi connectivity index (χ1) is 13.2. The van der Waals surface area contributed by atoms with Gasteiger partial charge in [-0.3, -0.25) is 0 Å². The molecule has 150 valence electrons. The number of hydrogen-bond donors (Lipinski definition) is 0. The van der Waals surface area contributed by atoms with E-state index in [4.69, 9.17) is 5.26 Å². The summed E-state index contributed by atoms with van der Waals surface area (Å²) in [5.41, 5.74) is 0. The fraction of sp³-hybridized carbons (Fsp3) is 0.720. The van der Waals surface area contributed by atoms with E-state index >= 15 is 0 Å². The van der Waals surface area contributed by atoms with Crippen LogP contribution in [0.1, 0.15) is 90.4 Å². The third-order valence-electron chi connectivity index (χ3n) is 6.63. The van der Waals surface area contributed by atoms with Crippen molar-refractivity contribution in [2.75, 3.05) is 0 Å². The predicted molar refractivity (Wildman–Crippen MR) is 113 cm³/mol. The maximum atomic E-state index is 12.7. The average molecular weight is 372 g/mol. The molecule has 2 heteroatoms. The third kappa shape index (κ3) is 8.91. The van der Waals surface area contributed by atoms with Gasteiger partial charge in [0.15, 0.2) is 5.83 Å². The lowest BCUT2D eigenvalue weighted by molar-refractivity contribution is 0.283. The fourth-order valence-electron chi connectivity index (χ4n) is 4.76. The zero-order valence-electron chi connectivity index (χ0n) is 17.2. The van der Waals surface area contributed by atoms with Gasteiger partial charge in [-0.05, 0) is 94.0 Å². The van der Waals surface area contributed by atoms with Gasteiger partial charge >= 0.3 is 0 Å². The summed E-state index contributed by atoms with van der Waals surface area (Å²) in [7, 11) is 0. The van der Waals surface area contributed by atoms with Crippen molar-refractivity contribution in [3.05, 3.63) is 36.2 Å². The molecule has 0 saturated heterocycles. The highest BCUT2D eigenvalue weighted by Gasteiger charge is 2.21. The average Bonchev–Trinajstić information content (AvgIpc) is 2.72. The Morgan fingerprint density at radius 3 is 2.00 bits per heavy atom. The lowest BCUT2D eigenvalue weighted by Crippen LogP contribution is -2.15. The lowest BCUT2D eigenvalue weighted by Gasteiger charge is -2.28. The van der Waals surface area contributed by atoms with Gasteiger partial charge in [0, 0.05) is 0 Å². The molecule has 0 aromatic carbocycles. The molecule has 1 nitrogen and oxygen atoms in total. The number of halogens is 1. The largest absolute Gasteiger partial charge is 0.199 e.